The van der Waals surface area contributed by atoms with Gasteiger partial charge >= 0.3 is 11.9 Å². The van der Waals surface area contributed by atoms with Crippen molar-refractivity contribution in [3.8, 4) is 0 Å². The van der Waals surface area contributed by atoms with Crippen molar-refractivity contribution in [2.45, 2.75) is 26.3 Å². The molecule has 6 nitrogen and oxygen atoms in total. The number of hydrogen-bond acceptors (Lipinski definition) is 4. The molecule has 0 heterocycles. The fraction of sp³-hybridized carbons (Fsp3) is 0.700. The number of rotatable bonds is 7. The van der Waals surface area contributed by atoms with Crippen LogP contribution >= 0.6 is 0 Å². The summed E-state index contributed by atoms with van der Waals surface area (Å²) in [5.41, 5.74) is 0. The average Bonchev–Trinajstić information content (AvgIpc) is 2.12. The second-order valence-electron chi connectivity index (χ2n) is 4.13. The summed E-state index contributed by atoms with van der Waals surface area (Å²) in [5.74, 6) is -3.43. The summed E-state index contributed by atoms with van der Waals surface area (Å²) in [7, 11) is 1.43. The SMILES string of the molecule is CC(C)C[C@@H](C(=O)O)N(C)CC(=O)C(=O)O. The Morgan fingerprint density at radius 1 is 1.19 bits per heavy atom. The number of aliphatic carboxylic acids is 2. The molecule has 2 N–H and O–H groups in total. The molecule has 1 atom stereocenters. The number of carbonyl (C=O) groups excluding carboxylic acids is 1. The lowest BCUT2D eigenvalue weighted by molar-refractivity contribution is -0.151. The maximum Gasteiger partial charge on any atom is 0.373 e. The number of likely N-dealkylation sites (N-methyl/N-ethyl adjacent to an activating group) is 1. The van der Waals surface area contributed by atoms with Gasteiger partial charge in [-0.15, -0.1) is 0 Å². The van der Waals surface area contributed by atoms with Crippen LogP contribution in [-0.2, 0) is 14.4 Å². The molecule has 0 spiro atoms. The molecule has 0 aliphatic rings. The number of carboxylic acid groups (broad SMARTS) is 2. The van der Waals surface area contributed by atoms with Crippen molar-refractivity contribution in [1.29, 1.82) is 0 Å². The van der Waals surface area contributed by atoms with E-state index >= 15 is 0 Å². The van der Waals surface area contributed by atoms with E-state index in [1.54, 1.807) is 0 Å². The minimum absolute atomic E-state index is 0.156. The zero-order valence-electron chi connectivity index (χ0n) is 9.64. The lowest BCUT2D eigenvalue weighted by Gasteiger charge is -2.24. The van der Waals surface area contributed by atoms with E-state index in [1.165, 1.54) is 11.9 Å². The Bertz CT molecular complexity index is 287. The third-order valence-corrected chi connectivity index (χ3v) is 2.14. The van der Waals surface area contributed by atoms with Gasteiger partial charge < -0.3 is 10.2 Å². The zero-order chi connectivity index (χ0) is 12.9. The lowest BCUT2D eigenvalue weighted by atomic mass is 10.0. The van der Waals surface area contributed by atoms with Crippen molar-refractivity contribution in [2.24, 2.45) is 5.92 Å². The van der Waals surface area contributed by atoms with Crippen molar-refractivity contribution < 1.29 is 24.6 Å². The summed E-state index contributed by atoms with van der Waals surface area (Å²) in [4.78, 5) is 33.4. The maximum atomic E-state index is 10.9. The van der Waals surface area contributed by atoms with Gasteiger partial charge in [-0.2, -0.15) is 0 Å². The van der Waals surface area contributed by atoms with Crippen LogP contribution < -0.4 is 0 Å². The fourth-order valence-electron chi connectivity index (χ4n) is 1.32. The molecule has 0 rings (SSSR count). The minimum Gasteiger partial charge on any atom is -0.480 e. The highest BCUT2D eigenvalue weighted by Gasteiger charge is 2.26. The highest BCUT2D eigenvalue weighted by atomic mass is 16.4. The van der Waals surface area contributed by atoms with Gasteiger partial charge in [-0.3, -0.25) is 14.5 Å². The fourth-order valence-corrected chi connectivity index (χ4v) is 1.32. The van der Waals surface area contributed by atoms with E-state index in [4.69, 9.17) is 10.2 Å². The number of ketones is 1. The molecule has 0 unspecified atom stereocenters. The Balaban J connectivity index is 4.50. The molecule has 0 radical (unpaired) electrons. The van der Waals surface area contributed by atoms with Crippen LogP contribution in [0.25, 0.3) is 0 Å². The summed E-state index contributed by atoms with van der Waals surface area (Å²) in [6, 6.07) is -0.830. The predicted octanol–water partition coefficient (Wildman–Crippen LogP) is 0.0712. The summed E-state index contributed by atoms with van der Waals surface area (Å²) >= 11 is 0. The van der Waals surface area contributed by atoms with Gasteiger partial charge in [0.1, 0.15) is 6.04 Å². The van der Waals surface area contributed by atoms with Crippen LogP contribution in [-0.4, -0.2) is 52.5 Å². The molecule has 0 saturated carbocycles. The molecule has 0 saturated heterocycles. The molecule has 16 heavy (non-hydrogen) atoms. The number of nitrogens with zero attached hydrogens (tertiary/aromatic N) is 1. The van der Waals surface area contributed by atoms with E-state index in [1.807, 2.05) is 13.8 Å². The Hall–Kier alpha value is -1.43. The highest BCUT2D eigenvalue weighted by molar-refractivity contribution is 6.33. The molecule has 0 aliphatic heterocycles. The Labute approximate surface area is 93.9 Å². The molecule has 0 aromatic rings. The van der Waals surface area contributed by atoms with Gasteiger partial charge in [0.2, 0.25) is 0 Å². The van der Waals surface area contributed by atoms with Gasteiger partial charge in [0.05, 0.1) is 6.54 Å². The molecular formula is C10H17NO5. The molecule has 0 aromatic heterocycles. The van der Waals surface area contributed by atoms with E-state index in [2.05, 4.69) is 0 Å². The van der Waals surface area contributed by atoms with Crippen LogP contribution in [0, 0.1) is 5.92 Å². The van der Waals surface area contributed by atoms with Gasteiger partial charge in [0, 0.05) is 0 Å². The topological polar surface area (TPSA) is 94.9 Å². The van der Waals surface area contributed by atoms with E-state index in [-0.39, 0.29) is 12.5 Å². The summed E-state index contributed by atoms with van der Waals surface area (Å²) in [6.45, 7) is 3.34. The van der Waals surface area contributed by atoms with Crippen LogP contribution in [0.15, 0.2) is 0 Å². The van der Waals surface area contributed by atoms with Gasteiger partial charge in [-0.25, -0.2) is 4.79 Å². The van der Waals surface area contributed by atoms with Gasteiger partial charge in [0.15, 0.2) is 0 Å². The Morgan fingerprint density at radius 2 is 1.69 bits per heavy atom. The van der Waals surface area contributed by atoms with Crippen LogP contribution in [0.5, 0.6) is 0 Å². The van der Waals surface area contributed by atoms with Crippen LogP contribution in [0.3, 0.4) is 0 Å². The second-order valence-corrected chi connectivity index (χ2v) is 4.13. The van der Waals surface area contributed by atoms with Crippen molar-refractivity contribution in [1.82, 2.24) is 4.90 Å². The number of hydrogen-bond donors (Lipinski definition) is 2. The van der Waals surface area contributed by atoms with E-state index in [9.17, 15) is 14.4 Å². The van der Waals surface area contributed by atoms with E-state index < -0.39 is 23.8 Å². The van der Waals surface area contributed by atoms with Crippen molar-refractivity contribution >= 4 is 17.7 Å². The van der Waals surface area contributed by atoms with Gasteiger partial charge in [-0.05, 0) is 19.4 Å². The Kier molecular flexibility index (Phi) is 5.66. The highest BCUT2D eigenvalue weighted by Crippen LogP contribution is 2.10. The minimum atomic E-state index is -1.54. The summed E-state index contributed by atoms with van der Waals surface area (Å²) in [5, 5.41) is 17.4. The first-order valence-corrected chi connectivity index (χ1v) is 4.94. The molecule has 0 fully saturated rings. The molecule has 0 amide bonds. The average molecular weight is 231 g/mol. The van der Waals surface area contributed by atoms with Crippen LogP contribution in [0.1, 0.15) is 20.3 Å². The zero-order valence-corrected chi connectivity index (χ0v) is 9.64. The van der Waals surface area contributed by atoms with Crippen molar-refractivity contribution in [2.75, 3.05) is 13.6 Å². The first-order chi connectivity index (χ1) is 7.25. The summed E-state index contributed by atoms with van der Waals surface area (Å²) in [6.07, 6.45) is 0.374. The molecule has 0 aliphatic carbocycles. The van der Waals surface area contributed by atoms with Crippen molar-refractivity contribution in [3.05, 3.63) is 0 Å². The Morgan fingerprint density at radius 3 is 2.00 bits per heavy atom. The molecule has 6 heteroatoms. The predicted molar refractivity (Wildman–Crippen MR) is 56.2 cm³/mol. The van der Waals surface area contributed by atoms with Gasteiger partial charge in [0.25, 0.3) is 5.78 Å². The van der Waals surface area contributed by atoms with E-state index in [0.717, 1.165) is 0 Å². The maximum absolute atomic E-state index is 10.9. The van der Waals surface area contributed by atoms with Crippen LogP contribution in [0.2, 0.25) is 0 Å². The standard InChI is InChI=1S/C10H17NO5/c1-6(2)4-7(9(13)14)11(3)5-8(12)10(15)16/h6-7H,4-5H2,1-3H3,(H,13,14)(H,15,16)/t7-/m0/s1. The van der Waals surface area contributed by atoms with Crippen LogP contribution in [0.4, 0.5) is 0 Å². The van der Waals surface area contributed by atoms with E-state index in [0.29, 0.717) is 6.42 Å². The largest absolute Gasteiger partial charge is 0.480 e. The number of carbonyl (C=O) groups is 3. The molecular weight excluding hydrogens is 214 g/mol. The third kappa shape index (κ3) is 4.88. The quantitative estimate of drug-likeness (QED) is 0.602. The lowest BCUT2D eigenvalue weighted by Crippen LogP contribution is -2.43. The monoisotopic (exact) mass is 231 g/mol. The van der Waals surface area contributed by atoms with Crippen molar-refractivity contribution in [3.63, 3.8) is 0 Å². The number of carboxylic acids is 2. The second kappa shape index (κ2) is 6.22. The first kappa shape index (κ1) is 14.6. The normalized spacial score (nSPS) is 12.8. The summed E-state index contributed by atoms with van der Waals surface area (Å²) < 4.78 is 0. The third-order valence-electron chi connectivity index (χ3n) is 2.14. The number of Topliss-reactive ketones (excluding diaryl/α,β-unsaturated/α-hetero) is 1. The first-order valence-electron chi connectivity index (χ1n) is 4.94. The van der Waals surface area contributed by atoms with Gasteiger partial charge in [-0.1, -0.05) is 13.8 Å². The molecule has 92 valence electrons. The molecule has 0 bridgehead atoms. The molecule has 0 aromatic carbocycles. The smallest absolute Gasteiger partial charge is 0.373 e.